The molecule has 30 heavy (non-hydrogen) atoms. The van der Waals surface area contributed by atoms with E-state index in [1.807, 2.05) is 0 Å². The van der Waals surface area contributed by atoms with Crippen LogP contribution >= 0.6 is 0 Å². The zero-order valence-electron chi connectivity index (χ0n) is 17.5. The van der Waals surface area contributed by atoms with Gasteiger partial charge in [0, 0.05) is 24.3 Å². The summed E-state index contributed by atoms with van der Waals surface area (Å²) in [7, 11) is -0.719. The molecule has 0 aromatic heterocycles. The molecule has 3 aliphatic carbocycles. The molecule has 164 valence electrons. The number of rotatable bonds is 2. The second-order valence-corrected chi connectivity index (χ2v) is 10.8. The number of aromatic hydroxyl groups is 1. The Labute approximate surface area is 178 Å². The highest BCUT2D eigenvalue weighted by atomic mass is 32.2. The maximum atomic E-state index is 12.3. The number of phenolic OH excluding ortho intramolecular Hbond substituents is 1. The van der Waals surface area contributed by atoms with Crippen molar-refractivity contribution in [1.82, 2.24) is 0 Å². The summed E-state index contributed by atoms with van der Waals surface area (Å²) in [5, 5.41) is 22.8. The maximum absolute atomic E-state index is 12.3. The van der Waals surface area contributed by atoms with E-state index in [0.717, 1.165) is 48.2 Å². The van der Waals surface area contributed by atoms with Crippen molar-refractivity contribution in [2.75, 3.05) is 20.1 Å². The third-order valence-electron chi connectivity index (χ3n) is 8.78. The van der Waals surface area contributed by atoms with Gasteiger partial charge in [-0.3, -0.25) is 0 Å². The normalized spacial score (nSPS) is 42.4. The van der Waals surface area contributed by atoms with Gasteiger partial charge in [0.05, 0.1) is 25.6 Å². The molecule has 1 unspecified atom stereocenters. The van der Waals surface area contributed by atoms with Gasteiger partial charge < -0.3 is 19.4 Å². The average molecular weight is 437 g/mol. The van der Waals surface area contributed by atoms with Gasteiger partial charge >= 0.3 is 10.6 Å². The van der Waals surface area contributed by atoms with Gasteiger partial charge in [-0.25, -0.2) is 0 Å². The lowest BCUT2D eigenvalue weighted by Crippen LogP contribution is -2.80. The van der Waals surface area contributed by atoms with Gasteiger partial charge in [0.1, 0.15) is 17.7 Å². The van der Waals surface area contributed by atoms with Crippen molar-refractivity contribution in [2.24, 2.45) is 11.8 Å². The number of piperidine rings is 1. The Balaban J connectivity index is 0.000000446. The van der Waals surface area contributed by atoms with Crippen molar-refractivity contribution < 1.29 is 32.1 Å². The first kappa shape index (κ1) is 20.3. The monoisotopic (exact) mass is 436 g/mol. The largest absolute Gasteiger partial charge is 0.504 e. The minimum absolute atomic E-state index is 0.000718. The molecule has 6 rings (SSSR count). The number of hydrogen-bond donors (Lipinski definition) is 2. The first-order valence-corrected chi connectivity index (χ1v) is 12.0. The summed E-state index contributed by atoms with van der Waals surface area (Å²) in [6.07, 6.45) is 6.48. The highest BCUT2D eigenvalue weighted by Crippen LogP contribution is 2.67. The van der Waals surface area contributed by atoms with Crippen molar-refractivity contribution in [1.29, 1.82) is 0 Å². The van der Waals surface area contributed by atoms with Crippen LogP contribution in [0.2, 0.25) is 0 Å². The van der Waals surface area contributed by atoms with Crippen LogP contribution in [0.15, 0.2) is 12.1 Å². The number of likely N-dealkylation sites (N-methyl/N-ethyl adjacent to an activating group) is 1. The molecule has 8 heteroatoms. The number of nitrogens with zero attached hydrogens (tertiary/aromatic N) is 1. The highest BCUT2D eigenvalue weighted by molar-refractivity contribution is 7.59. The predicted molar refractivity (Wildman–Crippen MR) is 108 cm³/mol. The first-order valence-electron chi connectivity index (χ1n) is 11.0. The molecule has 3 fully saturated rings. The van der Waals surface area contributed by atoms with E-state index in [2.05, 4.69) is 20.0 Å². The number of benzene rings is 1. The standard InChI is InChI=1S/C22H29NO3.O3S/c1-13-7-8-22(25)17-11-15-5-6-16(24)19-18(15)21(22,20(13)26-19)9-10-23(17,2)12-14-3-4-14;1-4(2)3/h5-6,13-14,17,20,25H,3-4,7-12H2,1-2H3;/p+1/t13-,17+,20-,21-,22+,23?;/m0./s1. The molecule has 2 bridgehead atoms. The van der Waals surface area contributed by atoms with E-state index in [4.69, 9.17) is 17.4 Å². The molecule has 2 saturated carbocycles. The maximum Gasteiger partial charge on any atom is 0.425 e. The smallest absolute Gasteiger partial charge is 0.425 e. The van der Waals surface area contributed by atoms with E-state index in [1.165, 1.54) is 24.9 Å². The number of likely N-dealkylation sites (tertiary alicyclic amines) is 1. The van der Waals surface area contributed by atoms with E-state index >= 15 is 0 Å². The minimum atomic E-state index is -3.11. The van der Waals surface area contributed by atoms with Crippen LogP contribution in [0.5, 0.6) is 11.5 Å². The lowest BCUT2D eigenvalue weighted by molar-refractivity contribution is -0.950. The molecule has 1 aromatic carbocycles. The molecule has 1 spiro atoms. The van der Waals surface area contributed by atoms with Crippen molar-refractivity contribution >= 4 is 10.6 Å². The molecular formula is C22H30NO6S+. The molecule has 2 heterocycles. The number of phenols is 1. The van der Waals surface area contributed by atoms with Crippen LogP contribution in [0.3, 0.4) is 0 Å². The van der Waals surface area contributed by atoms with E-state index in [0.29, 0.717) is 11.7 Å². The number of hydrogen-bond acceptors (Lipinski definition) is 6. The summed E-state index contributed by atoms with van der Waals surface area (Å²) in [4.78, 5) is 0. The Morgan fingerprint density at radius 1 is 1.20 bits per heavy atom. The highest BCUT2D eigenvalue weighted by Gasteiger charge is 2.75. The molecule has 1 saturated heterocycles. The van der Waals surface area contributed by atoms with Crippen LogP contribution in [0.4, 0.5) is 0 Å². The average Bonchev–Trinajstić information content (AvgIpc) is 3.39. The molecule has 6 atom stereocenters. The fraction of sp³-hybridized carbons (Fsp3) is 0.727. The van der Waals surface area contributed by atoms with Gasteiger partial charge in [0.25, 0.3) is 0 Å². The van der Waals surface area contributed by atoms with Crippen LogP contribution in [-0.4, -0.2) is 65.2 Å². The summed E-state index contributed by atoms with van der Waals surface area (Å²) in [6.45, 7) is 4.59. The molecule has 1 aromatic rings. The summed E-state index contributed by atoms with van der Waals surface area (Å²) >= 11 is 0. The van der Waals surface area contributed by atoms with E-state index in [9.17, 15) is 10.2 Å². The minimum Gasteiger partial charge on any atom is -0.504 e. The van der Waals surface area contributed by atoms with Crippen molar-refractivity contribution in [3.63, 3.8) is 0 Å². The summed E-state index contributed by atoms with van der Waals surface area (Å²) in [6, 6.07) is 4.15. The quantitative estimate of drug-likeness (QED) is 0.685. The van der Waals surface area contributed by atoms with Gasteiger partial charge in [-0.05, 0) is 43.2 Å². The summed E-state index contributed by atoms with van der Waals surface area (Å²) in [5.41, 5.74) is 1.44. The SMILES string of the molecule is C[C@H]1CC[C@@]2(O)[C@H]3Cc4ccc(O)c5c4[C@@]2(CC[N+]3(C)CC2CC2)[C@H]1O5.O=S(=O)=O. The van der Waals surface area contributed by atoms with E-state index in [-0.39, 0.29) is 23.3 Å². The van der Waals surface area contributed by atoms with Gasteiger partial charge in [-0.15, -0.1) is 12.6 Å². The van der Waals surface area contributed by atoms with Crippen LogP contribution in [0.1, 0.15) is 50.2 Å². The Hall–Kier alpha value is -1.64. The second kappa shape index (κ2) is 6.43. The Morgan fingerprint density at radius 3 is 2.57 bits per heavy atom. The van der Waals surface area contributed by atoms with Gasteiger partial charge in [0.2, 0.25) is 0 Å². The van der Waals surface area contributed by atoms with Crippen LogP contribution in [-0.2, 0) is 22.4 Å². The van der Waals surface area contributed by atoms with Crippen LogP contribution in [0, 0.1) is 11.8 Å². The van der Waals surface area contributed by atoms with E-state index in [1.54, 1.807) is 6.07 Å². The zero-order valence-corrected chi connectivity index (χ0v) is 18.3. The van der Waals surface area contributed by atoms with Gasteiger partial charge in [-0.2, -0.15) is 0 Å². The lowest BCUT2D eigenvalue weighted by Gasteiger charge is -2.65. The molecule has 5 aliphatic rings. The molecule has 0 radical (unpaired) electrons. The lowest BCUT2D eigenvalue weighted by atomic mass is 9.47. The molecule has 7 nitrogen and oxygen atoms in total. The fourth-order valence-corrected chi connectivity index (χ4v) is 7.40. The predicted octanol–water partition coefficient (Wildman–Crippen LogP) is 1.73. The Bertz CT molecular complexity index is 1000. The first-order chi connectivity index (χ1) is 14.1. The number of aliphatic hydroxyl groups is 1. The van der Waals surface area contributed by atoms with Crippen molar-refractivity contribution in [3.05, 3.63) is 23.3 Å². The zero-order chi connectivity index (χ0) is 21.5. The molecule has 0 amide bonds. The van der Waals surface area contributed by atoms with Gasteiger partial charge in [-0.1, -0.05) is 13.0 Å². The Morgan fingerprint density at radius 2 is 1.90 bits per heavy atom. The van der Waals surface area contributed by atoms with Gasteiger partial charge in [0.15, 0.2) is 11.5 Å². The summed E-state index contributed by atoms with van der Waals surface area (Å²) < 4.78 is 32.8. The molecular weight excluding hydrogens is 406 g/mol. The molecule has 2 N–H and O–H groups in total. The second-order valence-electron chi connectivity index (χ2n) is 10.4. The van der Waals surface area contributed by atoms with Crippen molar-refractivity contribution in [2.45, 2.75) is 68.6 Å². The molecule has 2 aliphatic heterocycles. The third kappa shape index (κ3) is 2.56. The topological polar surface area (TPSA) is 101 Å². The van der Waals surface area contributed by atoms with E-state index < -0.39 is 16.2 Å². The third-order valence-corrected chi connectivity index (χ3v) is 8.78. The van der Waals surface area contributed by atoms with Crippen molar-refractivity contribution in [3.8, 4) is 11.5 Å². The number of ether oxygens (including phenoxy) is 1. The Kier molecular flexibility index (Phi) is 4.35. The number of quaternary nitrogens is 1. The van der Waals surface area contributed by atoms with Crippen LogP contribution in [0.25, 0.3) is 0 Å². The van der Waals surface area contributed by atoms with Crippen LogP contribution < -0.4 is 4.74 Å². The summed E-state index contributed by atoms with van der Waals surface area (Å²) in [5.74, 6) is 2.19. The fourth-order valence-electron chi connectivity index (χ4n) is 7.40.